The molecule has 1 atom stereocenters. The molecule has 1 aliphatic heterocycles. The van der Waals surface area contributed by atoms with E-state index in [2.05, 4.69) is 5.32 Å². The van der Waals surface area contributed by atoms with Crippen molar-refractivity contribution in [2.75, 3.05) is 18.8 Å². The number of carbonyl (C=O) groups is 2. The molecule has 2 aromatic rings. The maximum absolute atomic E-state index is 12.7. The van der Waals surface area contributed by atoms with Crippen molar-refractivity contribution in [1.82, 2.24) is 10.2 Å². The molecule has 1 aromatic carbocycles. The van der Waals surface area contributed by atoms with Crippen molar-refractivity contribution in [3.05, 3.63) is 52.7 Å². The van der Waals surface area contributed by atoms with Gasteiger partial charge in [-0.1, -0.05) is 24.3 Å². The monoisotopic (exact) mass is 406 g/mol. The largest absolute Gasteiger partial charge is 0.353 e. The summed E-state index contributed by atoms with van der Waals surface area (Å²) in [6.45, 7) is 0.560. The Labute approximate surface area is 163 Å². The van der Waals surface area contributed by atoms with E-state index < -0.39 is 15.9 Å². The lowest BCUT2D eigenvalue weighted by Gasteiger charge is -2.34. The average Bonchev–Trinajstić information content (AvgIpc) is 3.23. The van der Waals surface area contributed by atoms with E-state index in [1.54, 1.807) is 41.3 Å². The Morgan fingerprint density at radius 2 is 1.89 bits per heavy atom. The second kappa shape index (κ2) is 8.67. The fraction of sp³-hybridized carbons (Fsp3) is 0.368. The molecule has 6 nitrogen and oxygen atoms in total. The standard InChI is InChI=1S/C19H22N2O4S2/c22-18(20-11-14-27(24,25)15-7-2-1-3-8-15)16-9-4-5-12-21(16)19(23)17-10-6-13-26-17/h1-3,6-8,10,13,16H,4-5,9,11-12,14H2,(H,20,22). The number of amides is 2. The predicted molar refractivity (Wildman–Crippen MR) is 104 cm³/mol. The summed E-state index contributed by atoms with van der Waals surface area (Å²) < 4.78 is 24.6. The third-order valence-corrected chi connectivity index (χ3v) is 7.16. The molecule has 1 aromatic heterocycles. The van der Waals surface area contributed by atoms with E-state index in [1.807, 2.05) is 11.4 Å². The van der Waals surface area contributed by atoms with Crippen molar-refractivity contribution in [2.24, 2.45) is 0 Å². The second-order valence-electron chi connectivity index (χ2n) is 6.41. The molecule has 0 saturated carbocycles. The number of sulfone groups is 1. The number of benzene rings is 1. The molecule has 0 spiro atoms. The average molecular weight is 407 g/mol. The van der Waals surface area contributed by atoms with Gasteiger partial charge in [0.25, 0.3) is 5.91 Å². The van der Waals surface area contributed by atoms with Gasteiger partial charge in [-0.15, -0.1) is 11.3 Å². The van der Waals surface area contributed by atoms with Crippen molar-refractivity contribution in [3.8, 4) is 0 Å². The van der Waals surface area contributed by atoms with Crippen molar-refractivity contribution in [1.29, 1.82) is 0 Å². The molecule has 2 heterocycles. The number of hydrogen-bond donors (Lipinski definition) is 1. The minimum Gasteiger partial charge on any atom is -0.353 e. The number of nitrogens with zero attached hydrogens (tertiary/aromatic N) is 1. The van der Waals surface area contributed by atoms with Crippen LogP contribution in [0.2, 0.25) is 0 Å². The van der Waals surface area contributed by atoms with Crippen LogP contribution in [0.25, 0.3) is 0 Å². The fourth-order valence-electron chi connectivity index (χ4n) is 3.16. The molecule has 1 saturated heterocycles. The first kappa shape index (κ1) is 19.6. The quantitative estimate of drug-likeness (QED) is 0.798. The van der Waals surface area contributed by atoms with Crippen LogP contribution < -0.4 is 5.32 Å². The summed E-state index contributed by atoms with van der Waals surface area (Å²) in [6, 6.07) is 11.2. The molecule has 1 unspecified atom stereocenters. The highest BCUT2D eigenvalue weighted by Crippen LogP contribution is 2.22. The van der Waals surface area contributed by atoms with Gasteiger partial charge in [-0.05, 0) is 42.8 Å². The highest BCUT2D eigenvalue weighted by atomic mass is 32.2. The van der Waals surface area contributed by atoms with Gasteiger partial charge in [-0.25, -0.2) is 8.42 Å². The third kappa shape index (κ3) is 4.75. The summed E-state index contributed by atoms with van der Waals surface area (Å²) in [5, 5.41) is 4.53. The maximum atomic E-state index is 12.7. The molecule has 1 fully saturated rings. The first-order valence-electron chi connectivity index (χ1n) is 8.89. The summed E-state index contributed by atoms with van der Waals surface area (Å²) in [5.74, 6) is -0.599. The number of piperidine rings is 1. The zero-order valence-corrected chi connectivity index (χ0v) is 16.5. The Morgan fingerprint density at radius 1 is 1.11 bits per heavy atom. The predicted octanol–water partition coefficient (Wildman–Crippen LogP) is 2.33. The Hall–Kier alpha value is -2.19. The summed E-state index contributed by atoms with van der Waals surface area (Å²) in [6.07, 6.45) is 2.33. The van der Waals surface area contributed by atoms with Crippen LogP contribution in [0.5, 0.6) is 0 Å². The SMILES string of the molecule is O=C(NCCS(=O)(=O)c1ccccc1)C1CCCCN1C(=O)c1cccs1. The van der Waals surface area contributed by atoms with E-state index in [-0.39, 0.29) is 29.0 Å². The number of nitrogens with one attached hydrogen (secondary N) is 1. The Kier molecular flexibility index (Phi) is 6.28. The van der Waals surface area contributed by atoms with Crippen LogP contribution in [0.3, 0.4) is 0 Å². The lowest BCUT2D eigenvalue weighted by atomic mass is 10.0. The molecule has 8 heteroatoms. The second-order valence-corrected chi connectivity index (χ2v) is 9.47. The van der Waals surface area contributed by atoms with E-state index in [0.717, 1.165) is 12.8 Å². The van der Waals surface area contributed by atoms with E-state index in [4.69, 9.17) is 0 Å². The number of hydrogen-bond acceptors (Lipinski definition) is 5. The van der Waals surface area contributed by atoms with Gasteiger partial charge in [-0.3, -0.25) is 9.59 Å². The molecule has 2 amide bonds. The molecule has 3 rings (SSSR count). The van der Waals surface area contributed by atoms with Gasteiger partial charge in [0.15, 0.2) is 9.84 Å². The Morgan fingerprint density at radius 3 is 2.59 bits per heavy atom. The zero-order chi connectivity index (χ0) is 19.3. The van der Waals surface area contributed by atoms with E-state index in [1.165, 1.54) is 11.3 Å². The summed E-state index contributed by atoms with van der Waals surface area (Å²) in [4.78, 5) is 27.7. The van der Waals surface area contributed by atoms with Gasteiger partial charge in [0.05, 0.1) is 15.5 Å². The van der Waals surface area contributed by atoms with E-state index in [9.17, 15) is 18.0 Å². The highest BCUT2D eigenvalue weighted by Gasteiger charge is 2.33. The molecule has 0 bridgehead atoms. The minimum absolute atomic E-state index is 0.0214. The van der Waals surface area contributed by atoms with Gasteiger partial charge in [0.1, 0.15) is 6.04 Å². The van der Waals surface area contributed by atoms with Gasteiger partial charge in [-0.2, -0.15) is 0 Å². The summed E-state index contributed by atoms with van der Waals surface area (Å²) >= 11 is 1.36. The van der Waals surface area contributed by atoms with E-state index in [0.29, 0.717) is 17.8 Å². The van der Waals surface area contributed by atoms with Crippen molar-refractivity contribution < 1.29 is 18.0 Å². The van der Waals surface area contributed by atoms with Crippen LogP contribution in [-0.2, 0) is 14.6 Å². The number of likely N-dealkylation sites (tertiary alicyclic amines) is 1. The smallest absolute Gasteiger partial charge is 0.264 e. The third-order valence-electron chi connectivity index (χ3n) is 4.57. The lowest BCUT2D eigenvalue weighted by Crippen LogP contribution is -2.52. The van der Waals surface area contributed by atoms with Crippen LogP contribution in [0, 0.1) is 0 Å². The molecule has 0 aliphatic carbocycles. The minimum atomic E-state index is -3.45. The summed E-state index contributed by atoms with van der Waals surface area (Å²) in [7, 11) is -3.45. The first-order chi connectivity index (χ1) is 13.0. The van der Waals surface area contributed by atoms with Crippen LogP contribution in [0.4, 0.5) is 0 Å². The molecule has 27 heavy (non-hydrogen) atoms. The normalized spacial score (nSPS) is 17.5. The van der Waals surface area contributed by atoms with E-state index >= 15 is 0 Å². The molecular formula is C19H22N2O4S2. The first-order valence-corrected chi connectivity index (χ1v) is 11.4. The highest BCUT2D eigenvalue weighted by molar-refractivity contribution is 7.91. The van der Waals surface area contributed by atoms with Crippen LogP contribution in [-0.4, -0.2) is 50.0 Å². The number of carbonyl (C=O) groups excluding carboxylic acids is 2. The molecule has 1 N–H and O–H groups in total. The van der Waals surface area contributed by atoms with Gasteiger partial charge >= 0.3 is 0 Å². The van der Waals surface area contributed by atoms with Crippen LogP contribution in [0.1, 0.15) is 28.9 Å². The topological polar surface area (TPSA) is 83.6 Å². The summed E-state index contributed by atoms with van der Waals surface area (Å²) in [5.41, 5.74) is 0. The molecule has 0 radical (unpaired) electrons. The van der Waals surface area contributed by atoms with Crippen molar-refractivity contribution >= 4 is 33.0 Å². The molecule has 1 aliphatic rings. The van der Waals surface area contributed by atoms with Crippen LogP contribution >= 0.6 is 11.3 Å². The van der Waals surface area contributed by atoms with Gasteiger partial charge < -0.3 is 10.2 Å². The number of thiophene rings is 1. The lowest BCUT2D eigenvalue weighted by molar-refractivity contribution is -0.126. The van der Waals surface area contributed by atoms with Crippen molar-refractivity contribution in [3.63, 3.8) is 0 Å². The zero-order valence-electron chi connectivity index (χ0n) is 14.8. The van der Waals surface area contributed by atoms with Crippen LogP contribution in [0.15, 0.2) is 52.7 Å². The van der Waals surface area contributed by atoms with Crippen molar-refractivity contribution in [2.45, 2.75) is 30.2 Å². The maximum Gasteiger partial charge on any atom is 0.264 e. The number of rotatable bonds is 6. The molecular weight excluding hydrogens is 384 g/mol. The Bertz CT molecular complexity index is 880. The van der Waals surface area contributed by atoms with Gasteiger partial charge in [0, 0.05) is 13.1 Å². The Balaban J connectivity index is 1.60. The fourth-order valence-corrected chi connectivity index (χ4v) is 5.02. The molecule has 144 valence electrons. The van der Waals surface area contributed by atoms with Gasteiger partial charge in [0.2, 0.25) is 5.91 Å².